The predicted octanol–water partition coefficient (Wildman–Crippen LogP) is 2.17. The number of fused-ring (bicyclic) bond motifs is 1. The fraction of sp³-hybridized carbons (Fsp3) is 0.562. The number of halogens is 1. The van der Waals surface area contributed by atoms with E-state index in [9.17, 15) is 0 Å². The first kappa shape index (κ1) is 16.1. The zero-order valence-corrected chi connectivity index (χ0v) is 13.2. The molecular weight excluding hydrogens is 286 g/mol. The molecule has 2 heterocycles. The smallest absolute Gasteiger partial charge is 0.136 e. The molecule has 2 aliphatic rings. The van der Waals surface area contributed by atoms with Crippen molar-refractivity contribution >= 4 is 12.4 Å². The van der Waals surface area contributed by atoms with Crippen LogP contribution in [0.15, 0.2) is 18.2 Å². The molecule has 0 saturated carbocycles. The van der Waals surface area contributed by atoms with Crippen LogP contribution in [-0.2, 0) is 6.54 Å². The Labute approximate surface area is 132 Å². The van der Waals surface area contributed by atoms with Crippen molar-refractivity contribution in [3.05, 3.63) is 29.3 Å². The molecule has 21 heavy (non-hydrogen) atoms. The molecule has 2 fully saturated rings. The topological polar surface area (TPSA) is 48.3 Å². The molecule has 1 aromatic carbocycles. The third-order valence-electron chi connectivity index (χ3n) is 4.53. The Balaban J connectivity index is 0.00000161. The lowest BCUT2D eigenvalue weighted by atomic mass is 9.93. The lowest BCUT2D eigenvalue weighted by Crippen LogP contribution is -2.43. The second kappa shape index (κ2) is 7.13. The largest absolute Gasteiger partial charge is 0.495 e. The van der Waals surface area contributed by atoms with Gasteiger partial charge >= 0.3 is 0 Å². The van der Waals surface area contributed by atoms with Crippen molar-refractivity contribution in [3.8, 4) is 11.8 Å². The monoisotopic (exact) mass is 307 g/mol. The summed E-state index contributed by atoms with van der Waals surface area (Å²) in [7, 11) is 1.62. The first-order valence-electron chi connectivity index (χ1n) is 7.33. The second-order valence-corrected chi connectivity index (χ2v) is 5.78. The minimum Gasteiger partial charge on any atom is -0.495 e. The van der Waals surface area contributed by atoms with Gasteiger partial charge in [-0.15, -0.1) is 12.4 Å². The molecule has 0 amide bonds. The minimum atomic E-state index is 0. The highest BCUT2D eigenvalue weighted by atomic mass is 35.5. The van der Waals surface area contributed by atoms with Gasteiger partial charge < -0.3 is 10.1 Å². The van der Waals surface area contributed by atoms with Crippen LogP contribution in [0, 0.1) is 17.2 Å². The van der Waals surface area contributed by atoms with Gasteiger partial charge in [0.05, 0.1) is 12.7 Å². The molecule has 114 valence electrons. The van der Waals surface area contributed by atoms with Crippen LogP contribution < -0.4 is 10.1 Å². The molecule has 1 aromatic rings. The molecule has 3 rings (SSSR count). The number of rotatable bonds is 3. The molecule has 2 saturated heterocycles. The van der Waals surface area contributed by atoms with Gasteiger partial charge in [-0.05, 0) is 49.5 Å². The van der Waals surface area contributed by atoms with Crippen LogP contribution in [0.3, 0.4) is 0 Å². The molecule has 0 bridgehead atoms. The van der Waals surface area contributed by atoms with Crippen molar-refractivity contribution < 1.29 is 4.74 Å². The van der Waals surface area contributed by atoms with E-state index in [4.69, 9.17) is 10.00 Å². The van der Waals surface area contributed by atoms with Gasteiger partial charge in [0.15, 0.2) is 0 Å². The summed E-state index contributed by atoms with van der Waals surface area (Å²) in [5, 5.41) is 12.6. The summed E-state index contributed by atoms with van der Waals surface area (Å²) in [6.45, 7) is 4.45. The normalized spacial score (nSPS) is 24.8. The third kappa shape index (κ3) is 3.49. The van der Waals surface area contributed by atoms with Crippen molar-refractivity contribution in [2.75, 3.05) is 26.7 Å². The molecular formula is C16H22ClN3O. The number of nitriles is 1. The van der Waals surface area contributed by atoms with Gasteiger partial charge in [0.1, 0.15) is 11.8 Å². The van der Waals surface area contributed by atoms with E-state index in [2.05, 4.69) is 16.3 Å². The average molecular weight is 308 g/mol. The van der Waals surface area contributed by atoms with Crippen LogP contribution in [0.1, 0.15) is 24.0 Å². The number of likely N-dealkylation sites (tertiary alicyclic amines) is 1. The van der Waals surface area contributed by atoms with E-state index in [0.717, 1.165) is 25.0 Å². The summed E-state index contributed by atoms with van der Waals surface area (Å²) in [6, 6.07) is 8.80. The number of ether oxygens (including phenoxy) is 1. The quantitative estimate of drug-likeness (QED) is 0.930. The average Bonchev–Trinajstić information content (AvgIpc) is 2.94. The van der Waals surface area contributed by atoms with Crippen LogP contribution >= 0.6 is 12.4 Å². The lowest BCUT2D eigenvalue weighted by molar-refractivity contribution is 0.156. The van der Waals surface area contributed by atoms with Crippen molar-refractivity contribution in [2.45, 2.75) is 25.4 Å². The van der Waals surface area contributed by atoms with Gasteiger partial charge in [0, 0.05) is 19.1 Å². The van der Waals surface area contributed by atoms with Crippen molar-refractivity contribution in [2.24, 2.45) is 5.92 Å². The lowest BCUT2D eigenvalue weighted by Gasteiger charge is -2.34. The molecule has 0 aromatic heterocycles. The Kier molecular flexibility index (Phi) is 5.46. The van der Waals surface area contributed by atoms with Gasteiger partial charge in [0.2, 0.25) is 0 Å². The maximum atomic E-state index is 9.02. The number of hydrogen-bond acceptors (Lipinski definition) is 4. The molecule has 2 atom stereocenters. The fourth-order valence-electron chi connectivity index (χ4n) is 3.45. The third-order valence-corrected chi connectivity index (χ3v) is 4.53. The molecule has 2 unspecified atom stereocenters. The Morgan fingerprint density at radius 1 is 1.43 bits per heavy atom. The number of piperidine rings is 1. The highest BCUT2D eigenvalue weighted by Gasteiger charge is 2.32. The molecule has 0 spiro atoms. The molecule has 5 heteroatoms. The molecule has 1 N–H and O–H groups in total. The second-order valence-electron chi connectivity index (χ2n) is 5.78. The number of hydrogen-bond donors (Lipinski definition) is 1. The predicted molar refractivity (Wildman–Crippen MR) is 84.7 cm³/mol. The van der Waals surface area contributed by atoms with E-state index >= 15 is 0 Å². The summed E-state index contributed by atoms with van der Waals surface area (Å²) in [5.41, 5.74) is 1.83. The van der Waals surface area contributed by atoms with Crippen LogP contribution in [0.2, 0.25) is 0 Å². The zero-order valence-electron chi connectivity index (χ0n) is 12.3. The summed E-state index contributed by atoms with van der Waals surface area (Å²) in [4.78, 5) is 2.52. The van der Waals surface area contributed by atoms with E-state index in [1.807, 2.05) is 18.2 Å². The fourth-order valence-corrected chi connectivity index (χ4v) is 3.45. The van der Waals surface area contributed by atoms with Gasteiger partial charge in [0.25, 0.3) is 0 Å². The number of nitrogens with one attached hydrogen (secondary N) is 1. The summed E-state index contributed by atoms with van der Waals surface area (Å²) >= 11 is 0. The first-order valence-corrected chi connectivity index (χ1v) is 7.33. The van der Waals surface area contributed by atoms with Gasteiger partial charge in [-0.3, -0.25) is 4.90 Å². The molecule has 0 aliphatic carbocycles. The van der Waals surface area contributed by atoms with E-state index in [0.29, 0.717) is 11.3 Å². The van der Waals surface area contributed by atoms with Gasteiger partial charge in [-0.1, -0.05) is 6.07 Å². The highest BCUT2D eigenvalue weighted by molar-refractivity contribution is 5.85. The Morgan fingerprint density at radius 3 is 3.05 bits per heavy atom. The molecule has 2 aliphatic heterocycles. The maximum Gasteiger partial charge on any atom is 0.136 e. The number of nitrogens with zero attached hydrogens (tertiary/aromatic N) is 2. The summed E-state index contributed by atoms with van der Waals surface area (Å²) in [5.74, 6) is 1.49. The van der Waals surface area contributed by atoms with Crippen molar-refractivity contribution in [1.82, 2.24) is 10.2 Å². The summed E-state index contributed by atoms with van der Waals surface area (Å²) in [6.07, 6.45) is 2.55. The Morgan fingerprint density at radius 2 is 2.29 bits per heavy atom. The maximum absolute atomic E-state index is 9.02. The Hall–Kier alpha value is -1.28. The van der Waals surface area contributed by atoms with Crippen LogP contribution in [0.25, 0.3) is 0 Å². The highest BCUT2D eigenvalue weighted by Crippen LogP contribution is 2.26. The van der Waals surface area contributed by atoms with E-state index in [1.165, 1.54) is 31.5 Å². The number of benzene rings is 1. The number of methoxy groups -OCH3 is 1. The minimum absolute atomic E-state index is 0. The van der Waals surface area contributed by atoms with Crippen LogP contribution in [-0.4, -0.2) is 37.7 Å². The van der Waals surface area contributed by atoms with Gasteiger partial charge in [-0.2, -0.15) is 5.26 Å². The van der Waals surface area contributed by atoms with Crippen molar-refractivity contribution in [3.63, 3.8) is 0 Å². The molecule has 4 nitrogen and oxygen atoms in total. The standard InChI is InChI=1S/C16H21N3O.ClH/c1-20-16-8-12(2-3-13(16)9-17)10-19-7-5-15-14(11-19)4-6-18-15;/h2-3,8,14-15,18H,4-7,10-11H2,1H3;1H. The van der Waals surface area contributed by atoms with Crippen molar-refractivity contribution in [1.29, 1.82) is 5.26 Å². The van der Waals surface area contributed by atoms with Crippen LogP contribution in [0.5, 0.6) is 5.75 Å². The van der Waals surface area contributed by atoms with E-state index < -0.39 is 0 Å². The van der Waals surface area contributed by atoms with Gasteiger partial charge in [-0.25, -0.2) is 0 Å². The van der Waals surface area contributed by atoms with E-state index in [-0.39, 0.29) is 12.4 Å². The van der Waals surface area contributed by atoms with Crippen LogP contribution in [0.4, 0.5) is 0 Å². The van der Waals surface area contributed by atoms with E-state index in [1.54, 1.807) is 7.11 Å². The Bertz CT molecular complexity index is 529. The summed E-state index contributed by atoms with van der Waals surface area (Å²) < 4.78 is 5.28. The first-order chi connectivity index (χ1) is 9.80. The molecule has 0 radical (unpaired) electrons. The SMILES string of the molecule is COc1cc(CN2CCC3NCCC3C2)ccc1C#N.Cl. The zero-order chi connectivity index (χ0) is 13.9.